The summed E-state index contributed by atoms with van der Waals surface area (Å²) in [6.45, 7) is -1.17. The molecule has 0 aromatic heterocycles. The molecule has 12 heteroatoms. The summed E-state index contributed by atoms with van der Waals surface area (Å²) in [5.74, 6) is -5.74. The topological polar surface area (TPSA) is 193 Å². The Bertz CT molecular complexity index is 393. The molecule has 0 bridgehead atoms. The molecule has 12 nitrogen and oxygen atoms in total. The zero-order valence-electron chi connectivity index (χ0n) is 12.9. The molecule has 0 aromatic rings. The predicted octanol–water partition coefficient (Wildman–Crippen LogP) is -1.98. The van der Waals surface area contributed by atoms with Crippen LogP contribution in [0.25, 0.3) is 0 Å². The molecule has 0 aromatic carbocycles. The number of carboxylic acid groups (broad SMARTS) is 5. The van der Waals surface area contributed by atoms with Crippen molar-refractivity contribution < 1.29 is 49.5 Å². The SMILES string of the molecule is CC(=O)O.O=C(O)CN(CCN(CC(=O)O)CC(=O)O)CC(=O)O. The molecule has 24 heavy (non-hydrogen) atoms. The Balaban J connectivity index is 0. The first-order chi connectivity index (χ1) is 10.9. The lowest BCUT2D eigenvalue weighted by atomic mass is 10.4. The van der Waals surface area contributed by atoms with E-state index in [2.05, 4.69) is 0 Å². The van der Waals surface area contributed by atoms with Gasteiger partial charge in [0.2, 0.25) is 0 Å². The van der Waals surface area contributed by atoms with Crippen molar-refractivity contribution in [3.05, 3.63) is 0 Å². The third kappa shape index (κ3) is 19.3. The third-order valence-electron chi connectivity index (χ3n) is 2.17. The Hall–Kier alpha value is -2.73. The molecule has 0 heterocycles. The van der Waals surface area contributed by atoms with Crippen molar-refractivity contribution in [1.29, 1.82) is 0 Å². The Kier molecular flexibility index (Phi) is 12.5. The van der Waals surface area contributed by atoms with E-state index < -0.39 is 56.0 Å². The number of aliphatic carboxylic acids is 5. The number of nitrogens with zero attached hydrogens (tertiary/aromatic N) is 2. The van der Waals surface area contributed by atoms with Crippen LogP contribution in [-0.2, 0) is 24.0 Å². The van der Waals surface area contributed by atoms with Crippen molar-refractivity contribution in [2.75, 3.05) is 39.3 Å². The molecule has 0 aliphatic carbocycles. The molecule has 5 N–H and O–H groups in total. The van der Waals surface area contributed by atoms with E-state index in [1.54, 1.807) is 0 Å². The van der Waals surface area contributed by atoms with E-state index in [1.165, 1.54) is 0 Å². The van der Waals surface area contributed by atoms with E-state index in [0.717, 1.165) is 16.7 Å². The summed E-state index contributed by atoms with van der Waals surface area (Å²) >= 11 is 0. The van der Waals surface area contributed by atoms with Crippen LogP contribution in [0.2, 0.25) is 0 Å². The van der Waals surface area contributed by atoms with Gasteiger partial charge in [-0.3, -0.25) is 33.8 Å². The average molecular weight is 352 g/mol. The maximum atomic E-state index is 10.6. The molecular formula is C12H20N2O10. The lowest BCUT2D eigenvalue weighted by molar-refractivity contribution is -0.145. The molecule has 0 saturated heterocycles. The number of carboxylic acids is 5. The Morgan fingerprint density at radius 2 is 0.750 bits per heavy atom. The number of hydrogen-bond acceptors (Lipinski definition) is 7. The highest BCUT2D eigenvalue weighted by Crippen LogP contribution is 1.94. The molecule has 0 aliphatic heterocycles. The van der Waals surface area contributed by atoms with Crippen molar-refractivity contribution in [3.8, 4) is 0 Å². The largest absolute Gasteiger partial charge is 0.481 e. The maximum absolute atomic E-state index is 10.6. The smallest absolute Gasteiger partial charge is 0.317 e. The number of carbonyl (C=O) groups is 5. The summed E-state index contributed by atoms with van der Waals surface area (Å²) in [4.78, 5) is 53.4. The van der Waals surface area contributed by atoms with Crippen LogP contribution in [0.15, 0.2) is 0 Å². The van der Waals surface area contributed by atoms with Gasteiger partial charge in [-0.05, 0) is 0 Å². The second-order valence-corrected chi connectivity index (χ2v) is 4.52. The van der Waals surface area contributed by atoms with Gasteiger partial charge in [0.25, 0.3) is 5.97 Å². The van der Waals surface area contributed by atoms with E-state index in [9.17, 15) is 19.2 Å². The molecule has 0 atom stereocenters. The fourth-order valence-corrected chi connectivity index (χ4v) is 1.48. The van der Waals surface area contributed by atoms with Crippen molar-refractivity contribution in [3.63, 3.8) is 0 Å². The van der Waals surface area contributed by atoms with Crippen molar-refractivity contribution >= 4 is 29.8 Å². The fourth-order valence-electron chi connectivity index (χ4n) is 1.48. The number of hydrogen-bond donors (Lipinski definition) is 5. The van der Waals surface area contributed by atoms with E-state index in [1.807, 2.05) is 0 Å². The summed E-state index contributed by atoms with van der Waals surface area (Å²) in [5, 5.41) is 41.9. The zero-order chi connectivity index (χ0) is 19.3. The highest BCUT2D eigenvalue weighted by atomic mass is 16.4. The standard InChI is InChI=1S/C10H16N2O8.C2H4O2/c13-7(14)3-11(4-8(15)16)1-2-12(5-9(17)18)6-10(19)20;1-2(3)4/h1-6H2,(H,13,14)(H,15,16)(H,17,18)(H,19,20);1H3,(H,3,4). The van der Waals surface area contributed by atoms with E-state index in [0.29, 0.717) is 0 Å². The minimum Gasteiger partial charge on any atom is -0.481 e. The van der Waals surface area contributed by atoms with E-state index in [-0.39, 0.29) is 13.1 Å². The normalized spacial score (nSPS) is 9.96. The second kappa shape index (κ2) is 12.8. The molecule has 0 aliphatic rings. The summed E-state index contributed by atoms with van der Waals surface area (Å²) < 4.78 is 0. The van der Waals surface area contributed by atoms with Gasteiger partial charge in [0, 0.05) is 20.0 Å². The summed E-state index contributed by atoms with van der Waals surface area (Å²) in [6, 6.07) is 0. The summed E-state index contributed by atoms with van der Waals surface area (Å²) in [6.07, 6.45) is 0. The van der Waals surface area contributed by atoms with Gasteiger partial charge in [-0.1, -0.05) is 0 Å². The van der Waals surface area contributed by atoms with Crippen LogP contribution in [-0.4, -0.2) is 104 Å². The van der Waals surface area contributed by atoms with Crippen LogP contribution in [0, 0.1) is 0 Å². The Morgan fingerprint density at radius 1 is 0.583 bits per heavy atom. The van der Waals surface area contributed by atoms with Crippen LogP contribution < -0.4 is 0 Å². The van der Waals surface area contributed by atoms with Crippen LogP contribution >= 0.6 is 0 Å². The molecule has 0 unspecified atom stereocenters. The van der Waals surface area contributed by atoms with Gasteiger partial charge in [0.15, 0.2) is 0 Å². The van der Waals surface area contributed by atoms with Crippen molar-refractivity contribution in [2.45, 2.75) is 6.92 Å². The molecule has 0 spiro atoms. The molecule has 0 saturated carbocycles. The van der Waals surface area contributed by atoms with Crippen molar-refractivity contribution in [1.82, 2.24) is 9.80 Å². The minimum absolute atomic E-state index is 0.0703. The highest BCUT2D eigenvalue weighted by Gasteiger charge is 2.17. The minimum atomic E-state index is -1.23. The van der Waals surface area contributed by atoms with Gasteiger partial charge in [0.1, 0.15) is 0 Å². The van der Waals surface area contributed by atoms with E-state index >= 15 is 0 Å². The van der Waals surface area contributed by atoms with Crippen molar-refractivity contribution in [2.24, 2.45) is 0 Å². The quantitative estimate of drug-likeness (QED) is 0.275. The lowest BCUT2D eigenvalue weighted by Crippen LogP contribution is -2.43. The van der Waals surface area contributed by atoms with Crippen LogP contribution in [0.4, 0.5) is 0 Å². The van der Waals surface area contributed by atoms with Crippen LogP contribution in [0.5, 0.6) is 0 Å². The first-order valence-corrected chi connectivity index (χ1v) is 6.45. The van der Waals surface area contributed by atoms with Crippen LogP contribution in [0.3, 0.4) is 0 Å². The second-order valence-electron chi connectivity index (χ2n) is 4.52. The summed E-state index contributed by atoms with van der Waals surface area (Å²) in [5.41, 5.74) is 0. The van der Waals surface area contributed by atoms with E-state index in [4.69, 9.17) is 30.3 Å². The zero-order valence-corrected chi connectivity index (χ0v) is 12.9. The van der Waals surface area contributed by atoms with Gasteiger partial charge < -0.3 is 25.5 Å². The first-order valence-electron chi connectivity index (χ1n) is 6.45. The molecule has 0 amide bonds. The molecule has 138 valence electrons. The Labute approximate surface area is 136 Å². The average Bonchev–Trinajstić information content (AvgIpc) is 2.32. The lowest BCUT2D eigenvalue weighted by Gasteiger charge is -2.23. The van der Waals surface area contributed by atoms with Gasteiger partial charge in [-0.25, -0.2) is 0 Å². The first kappa shape index (κ1) is 23.5. The molecule has 0 fully saturated rings. The van der Waals surface area contributed by atoms with Gasteiger partial charge in [-0.2, -0.15) is 0 Å². The fraction of sp³-hybridized carbons (Fsp3) is 0.583. The highest BCUT2D eigenvalue weighted by molar-refractivity contribution is 5.73. The molecule has 0 rings (SSSR count). The third-order valence-corrected chi connectivity index (χ3v) is 2.17. The number of rotatable bonds is 11. The monoisotopic (exact) mass is 352 g/mol. The van der Waals surface area contributed by atoms with Crippen LogP contribution in [0.1, 0.15) is 6.92 Å². The predicted molar refractivity (Wildman–Crippen MR) is 76.7 cm³/mol. The summed E-state index contributed by atoms with van der Waals surface area (Å²) in [7, 11) is 0. The van der Waals surface area contributed by atoms with Gasteiger partial charge in [0.05, 0.1) is 26.2 Å². The molecule has 0 radical (unpaired) electrons. The van der Waals surface area contributed by atoms with Gasteiger partial charge in [-0.15, -0.1) is 0 Å². The maximum Gasteiger partial charge on any atom is 0.317 e. The Morgan fingerprint density at radius 3 is 0.875 bits per heavy atom. The van der Waals surface area contributed by atoms with Gasteiger partial charge >= 0.3 is 23.9 Å². The molecular weight excluding hydrogens is 332 g/mol.